The predicted molar refractivity (Wildman–Crippen MR) is 82.1 cm³/mol. The number of likely N-dealkylation sites (tertiary alicyclic amines) is 1. The van der Waals surface area contributed by atoms with Gasteiger partial charge in [-0.15, -0.1) is 0 Å². The standard InChI is InChI=1S/C16H20N4O/c1-11-13(5-2-6-14(11)17)16(21)20-9-3-4-12(10-20)15-7-8-18-19-15/h2,5-8,12H,3-4,9-10,17H2,1H3,(H,18,19). The third-order valence-electron chi connectivity index (χ3n) is 4.28. The second kappa shape index (κ2) is 5.60. The smallest absolute Gasteiger partial charge is 0.254 e. The molecule has 1 atom stereocenters. The molecule has 110 valence electrons. The van der Waals surface area contributed by atoms with Crippen LogP contribution in [0.25, 0.3) is 0 Å². The Morgan fingerprint density at radius 2 is 2.29 bits per heavy atom. The summed E-state index contributed by atoms with van der Waals surface area (Å²) in [4.78, 5) is 14.7. The summed E-state index contributed by atoms with van der Waals surface area (Å²) in [7, 11) is 0. The quantitative estimate of drug-likeness (QED) is 0.831. The molecule has 1 aromatic carbocycles. The molecule has 2 aromatic rings. The van der Waals surface area contributed by atoms with Crippen molar-refractivity contribution in [3.05, 3.63) is 47.3 Å². The van der Waals surface area contributed by atoms with Gasteiger partial charge in [0.2, 0.25) is 0 Å². The fraction of sp³-hybridized carbons (Fsp3) is 0.375. The third kappa shape index (κ3) is 2.63. The van der Waals surface area contributed by atoms with E-state index in [0.29, 0.717) is 17.2 Å². The zero-order chi connectivity index (χ0) is 14.8. The number of aromatic nitrogens is 2. The number of amides is 1. The van der Waals surface area contributed by atoms with E-state index in [1.165, 1.54) is 0 Å². The summed E-state index contributed by atoms with van der Waals surface area (Å²) in [5, 5.41) is 7.02. The van der Waals surface area contributed by atoms with E-state index in [9.17, 15) is 4.79 Å². The Kier molecular flexibility index (Phi) is 3.64. The minimum atomic E-state index is 0.0732. The molecule has 1 aliphatic heterocycles. The maximum Gasteiger partial charge on any atom is 0.254 e. The highest BCUT2D eigenvalue weighted by Crippen LogP contribution is 2.27. The van der Waals surface area contributed by atoms with Crippen molar-refractivity contribution in [2.45, 2.75) is 25.7 Å². The lowest BCUT2D eigenvalue weighted by Crippen LogP contribution is -2.39. The molecule has 1 saturated heterocycles. The first-order valence-corrected chi connectivity index (χ1v) is 7.30. The van der Waals surface area contributed by atoms with E-state index in [0.717, 1.165) is 37.2 Å². The summed E-state index contributed by atoms with van der Waals surface area (Å²) in [6, 6.07) is 7.51. The maximum atomic E-state index is 12.7. The van der Waals surface area contributed by atoms with Crippen LogP contribution in [-0.4, -0.2) is 34.1 Å². The van der Waals surface area contributed by atoms with Gasteiger partial charge in [0.25, 0.3) is 5.91 Å². The summed E-state index contributed by atoms with van der Waals surface area (Å²) in [5.74, 6) is 0.413. The van der Waals surface area contributed by atoms with Crippen molar-refractivity contribution in [1.82, 2.24) is 15.1 Å². The third-order valence-corrected chi connectivity index (χ3v) is 4.28. The molecule has 0 saturated carbocycles. The Balaban J connectivity index is 1.80. The van der Waals surface area contributed by atoms with Crippen molar-refractivity contribution < 1.29 is 4.79 Å². The number of rotatable bonds is 2. The number of anilines is 1. The number of hydrogen-bond donors (Lipinski definition) is 2. The molecule has 1 unspecified atom stereocenters. The average Bonchev–Trinajstić information content (AvgIpc) is 3.04. The number of piperidine rings is 1. The van der Waals surface area contributed by atoms with Crippen LogP contribution in [0.4, 0.5) is 5.69 Å². The molecule has 3 N–H and O–H groups in total. The number of carbonyl (C=O) groups is 1. The monoisotopic (exact) mass is 284 g/mol. The number of hydrogen-bond acceptors (Lipinski definition) is 3. The van der Waals surface area contributed by atoms with Crippen molar-refractivity contribution in [2.75, 3.05) is 18.8 Å². The summed E-state index contributed by atoms with van der Waals surface area (Å²) in [6.07, 6.45) is 3.86. The van der Waals surface area contributed by atoms with Crippen LogP contribution >= 0.6 is 0 Å². The largest absolute Gasteiger partial charge is 0.398 e. The molecule has 0 aliphatic carbocycles. The van der Waals surface area contributed by atoms with E-state index in [1.54, 1.807) is 6.20 Å². The Morgan fingerprint density at radius 3 is 3.05 bits per heavy atom. The van der Waals surface area contributed by atoms with Crippen molar-refractivity contribution in [1.29, 1.82) is 0 Å². The first-order valence-electron chi connectivity index (χ1n) is 7.30. The van der Waals surface area contributed by atoms with E-state index in [1.807, 2.05) is 36.1 Å². The highest BCUT2D eigenvalue weighted by molar-refractivity contribution is 5.97. The Bertz CT molecular complexity index is 636. The van der Waals surface area contributed by atoms with Gasteiger partial charge in [0.05, 0.1) is 0 Å². The summed E-state index contributed by atoms with van der Waals surface area (Å²) < 4.78 is 0. The molecule has 2 heterocycles. The van der Waals surface area contributed by atoms with Gasteiger partial charge in [-0.25, -0.2) is 0 Å². The zero-order valence-electron chi connectivity index (χ0n) is 12.2. The number of nitrogens with one attached hydrogen (secondary N) is 1. The van der Waals surface area contributed by atoms with Crippen LogP contribution in [0.2, 0.25) is 0 Å². The molecule has 1 amide bonds. The zero-order valence-corrected chi connectivity index (χ0v) is 12.2. The van der Waals surface area contributed by atoms with Crippen LogP contribution in [0.1, 0.15) is 40.4 Å². The molecular formula is C16H20N4O. The van der Waals surface area contributed by atoms with Gasteiger partial charge < -0.3 is 10.6 Å². The number of benzene rings is 1. The molecule has 3 rings (SSSR count). The summed E-state index contributed by atoms with van der Waals surface area (Å²) in [6.45, 7) is 3.44. The lowest BCUT2D eigenvalue weighted by molar-refractivity contribution is 0.0705. The highest BCUT2D eigenvalue weighted by atomic mass is 16.2. The Morgan fingerprint density at radius 1 is 1.43 bits per heavy atom. The van der Waals surface area contributed by atoms with Gasteiger partial charge >= 0.3 is 0 Å². The second-order valence-electron chi connectivity index (χ2n) is 5.62. The highest BCUT2D eigenvalue weighted by Gasteiger charge is 2.27. The molecule has 0 spiro atoms. The minimum Gasteiger partial charge on any atom is -0.398 e. The van der Waals surface area contributed by atoms with Crippen molar-refractivity contribution in [2.24, 2.45) is 0 Å². The van der Waals surface area contributed by atoms with Crippen LogP contribution < -0.4 is 5.73 Å². The topological polar surface area (TPSA) is 75.0 Å². The van der Waals surface area contributed by atoms with E-state index in [-0.39, 0.29) is 5.91 Å². The molecule has 0 bridgehead atoms. The van der Waals surface area contributed by atoms with E-state index < -0.39 is 0 Å². The first kappa shape index (κ1) is 13.7. The average molecular weight is 284 g/mol. The summed E-state index contributed by atoms with van der Waals surface area (Å²) in [5.41, 5.74) is 9.26. The van der Waals surface area contributed by atoms with Crippen molar-refractivity contribution >= 4 is 11.6 Å². The van der Waals surface area contributed by atoms with E-state index >= 15 is 0 Å². The van der Waals surface area contributed by atoms with Gasteiger partial charge in [-0.1, -0.05) is 6.07 Å². The Labute approximate surface area is 124 Å². The molecule has 1 aliphatic rings. The van der Waals surface area contributed by atoms with Crippen LogP contribution in [0.5, 0.6) is 0 Å². The molecule has 21 heavy (non-hydrogen) atoms. The molecule has 0 radical (unpaired) electrons. The number of nitrogens with zero attached hydrogens (tertiary/aromatic N) is 2. The van der Waals surface area contributed by atoms with Crippen LogP contribution in [0.3, 0.4) is 0 Å². The van der Waals surface area contributed by atoms with Crippen LogP contribution in [0.15, 0.2) is 30.5 Å². The number of nitrogen functional groups attached to an aromatic ring is 1. The lowest BCUT2D eigenvalue weighted by Gasteiger charge is -2.32. The SMILES string of the molecule is Cc1c(N)cccc1C(=O)N1CCCC(c2ccn[nH]2)C1. The molecule has 1 fully saturated rings. The molecular weight excluding hydrogens is 264 g/mol. The molecule has 1 aromatic heterocycles. The first-order chi connectivity index (χ1) is 10.2. The number of nitrogens with two attached hydrogens (primary N) is 1. The molecule has 5 heteroatoms. The maximum absolute atomic E-state index is 12.7. The second-order valence-corrected chi connectivity index (χ2v) is 5.62. The number of aromatic amines is 1. The normalized spacial score (nSPS) is 18.7. The van der Waals surface area contributed by atoms with Gasteiger partial charge in [-0.2, -0.15) is 5.10 Å². The van der Waals surface area contributed by atoms with Crippen molar-refractivity contribution in [3.63, 3.8) is 0 Å². The van der Waals surface area contributed by atoms with Crippen LogP contribution in [-0.2, 0) is 0 Å². The lowest BCUT2D eigenvalue weighted by atomic mass is 9.94. The predicted octanol–water partition coefficient (Wildman–Crippen LogP) is 2.32. The van der Waals surface area contributed by atoms with E-state index in [2.05, 4.69) is 10.2 Å². The van der Waals surface area contributed by atoms with Gasteiger partial charge in [0.1, 0.15) is 0 Å². The molecule has 5 nitrogen and oxygen atoms in total. The fourth-order valence-electron chi connectivity index (χ4n) is 2.97. The number of H-pyrrole nitrogens is 1. The van der Waals surface area contributed by atoms with Gasteiger partial charge in [0, 0.05) is 42.1 Å². The van der Waals surface area contributed by atoms with Gasteiger partial charge in [-0.05, 0) is 43.5 Å². The van der Waals surface area contributed by atoms with Gasteiger partial charge in [0.15, 0.2) is 0 Å². The summed E-state index contributed by atoms with van der Waals surface area (Å²) >= 11 is 0. The van der Waals surface area contributed by atoms with Crippen molar-refractivity contribution in [3.8, 4) is 0 Å². The number of carbonyl (C=O) groups excluding carboxylic acids is 1. The van der Waals surface area contributed by atoms with E-state index in [4.69, 9.17) is 5.73 Å². The van der Waals surface area contributed by atoms with Gasteiger partial charge in [-0.3, -0.25) is 9.89 Å². The minimum absolute atomic E-state index is 0.0732. The fourth-order valence-corrected chi connectivity index (χ4v) is 2.97. The van der Waals surface area contributed by atoms with Crippen LogP contribution in [0, 0.1) is 6.92 Å². The Hall–Kier alpha value is -2.30.